The van der Waals surface area contributed by atoms with E-state index >= 15 is 0 Å². The summed E-state index contributed by atoms with van der Waals surface area (Å²) in [6.07, 6.45) is 3.06. The molecule has 0 amide bonds. The summed E-state index contributed by atoms with van der Waals surface area (Å²) in [5.74, 6) is 0. The number of rotatable bonds is 2. The van der Waals surface area contributed by atoms with Crippen LogP contribution in [-0.4, -0.2) is 11.5 Å². The molecule has 1 aliphatic rings. The molecule has 1 aliphatic heterocycles. The summed E-state index contributed by atoms with van der Waals surface area (Å²) in [6.45, 7) is 4.02. The number of benzene rings is 1. The molecule has 1 aromatic heterocycles. The Labute approximate surface area is 105 Å². The number of para-hydroxylation sites is 1. The number of aromatic nitrogens is 1. The molecule has 2 heterocycles. The maximum Gasteiger partial charge on any atom is 0.0897 e. The summed E-state index contributed by atoms with van der Waals surface area (Å²) in [6, 6.07) is 6.19. The van der Waals surface area contributed by atoms with Crippen LogP contribution in [0.5, 0.6) is 0 Å². The van der Waals surface area contributed by atoms with Crippen LogP contribution in [0.15, 0.2) is 24.4 Å². The Morgan fingerprint density at radius 2 is 2.35 bits per heavy atom. The fourth-order valence-electron chi connectivity index (χ4n) is 2.39. The standard InChI is InChI=1S/C13H15N3S/c1-9-15-7-11(17-9)8-16-6-5-10-3-2-4-12(14)13(10)16/h2-4,7H,5-6,8,14H2,1H3. The highest BCUT2D eigenvalue weighted by atomic mass is 32.1. The quantitative estimate of drug-likeness (QED) is 0.827. The summed E-state index contributed by atoms with van der Waals surface area (Å²) in [5.41, 5.74) is 9.55. The molecule has 17 heavy (non-hydrogen) atoms. The Morgan fingerprint density at radius 3 is 3.12 bits per heavy atom. The van der Waals surface area contributed by atoms with Crippen LogP contribution in [0.2, 0.25) is 0 Å². The van der Waals surface area contributed by atoms with Crippen LogP contribution < -0.4 is 10.6 Å². The number of hydrogen-bond acceptors (Lipinski definition) is 4. The summed E-state index contributed by atoms with van der Waals surface area (Å²) in [7, 11) is 0. The second kappa shape index (κ2) is 4.04. The minimum absolute atomic E-state index is 0.890. The van der Waals surface area contributed by atoms with Crippen molar-refractivity contribution in [2.75, 3.05) is 17.2 Å². The van der Waals surface area contributed by atoms with E-state index in [0.717, 1.165) is 30.2 Å². The van der Waals surface area contributed by atoms with Gasteiger partial charge in [-0.25, -0.2) is 4.98 Å². The minimum Gasteiger partial charge on any atom is -0.397 e. The third kappa shape index (κ3) is 1.89. The fourth-order valence-corrected chi connectivity index (χ4v) is 3.20. The molecule has 3 nitrogen and oxygen atoms in total. The molecule has 0 saturated heterocycles. The molecular weight excluding hydrogens is 230 g/mol. The van der Waals surface area contributed by atoms with E-state index in [0.29, 0.717) is 0 Å². The number of aryl methyl sites for hydroxylation is 1. The average molecular weight is 245 g/mol. The third-order valence-electron chi connectivity index (χ3n) is 3.13. The molecule has 88 valence electrons. The van der Waals surface area contributed by atoms with Gasteiger partial charge in [0.15, 0.2) is 0 Å². The van der Waals surface area contributed by atoms with E-state index in [1.165, 1.54) is 16.1 Å². The van der Waals surface area contributed by atoms with Crippen LogP contribution in [0.4, 0.5) is 11.4 Å². The summed E-state index contributed by atoms with van der Waals surface area (Å²) in [5, 5.41) is 1.13. The van der Waals surface area contributed by atoms with Crippen molar-refractivity contribution in [2.45, 2.75) is 19.9 Å². The first-order chi connectivity index (χ1) is 8.24. The van der Waals surface area contributed by atoms with Gasteiger partial charge in [-0.1, -0.05) is 12.1 Å². The summed E-state index contributed by atoms with van der Waals surface area (Å²) < 4.78 is 0. The molecule has 4 heteroatoms. The zero-order valence-corrected chi connectivity index (χ0v) is 10.6. The van der Waals surface area contributed by atoms with Crippen LogP contribution in [0.25, 0.3) is 0 Å². The molecule has 1 aromatic carbocycles. The Balaban J connectivity index is 1.89. The van der Waals surface area contributed by atoms with Gasteiger partial charge in [0.25, 0.3) is 0 Å². The molecule has 0 radical (unpaired) electrons. The van der Waals surface area contributed by atoms with Crippen molar-refractivity contribution in [3.8, 4) is 0 Å². The van der Waals surface area contributed by atoms with Crippen molar-refractivity contribution in [3.05, 3.63) is 39.8 Å². The minimum atomic E-state index is 0.890. The van der Waals surface area contributed by atoms with Crippen molar-refractivity contribution < 1.29 is 0 Å². The van der Waals surface area contributed by atoms with Gasteiger partial charge in [-0.2, -0.15) is 0 Å². The summed E-state index contributed by atoms with van der Waals surface area (Å²) >= 11 is 1.76. The van der Waals surface area contributed by atoms with Crippen molar-refractivity contribution >= 4 is 22.7 Å². The molecule has 2 aromatic rings. The van der Waals surface area contributed by atoms with Crippen molar-refractivity contribution in [1.29, 1.82) is 0 Å². The van der Waals surface area contributed by atoms with Crippen molar-refractivity contribution in [1.82, 2.24) is 4.98 Å². The number of nitrogen functional groups attached to an aromatic ring is 1. The van der Waals surface area contributed by atoms with Crippen molar-refractivity contribution in [3.63, 3.8) is 0 Å². The van der Waals surface area contributed by atoms with Gasteiger partial charge >= 0.3 is 0 Å². The van der Waals surface area contributed by atoms with E-state index < -0.39 is 0 Å². The molecular formula is C13H15N3S. The van der Waals surface area contributed by atoms with E-state index in [9.17, 15) is 0 Å². The molecule has 0 spiro atoms. The molecule has 0 aliphatic carbocycles. The monoisotopic (exact) mass is 245 g/mol. The molecule has 0 unspecified atom stereocenters. The highest BCUT2D eigenvalue weighted by Gasteiger charge is 2.21. The van der Waals surface area contributed by atoms with Gasteiger partial charge in [0.1, 0.15) is 0 Å². The van der Waals surface area contributed by atoms with Gasteiger partial charge in [-0.05, 0) is 25.0 Å². The number of fused-ring (bicyclic) bond motifs is 1. The van der Waals surface area contributed by atoms with E-state index in [2.05, 4.69) is 16.0 Å². The van der Waals surface area contributed by atoms with E-state index in [4.69, 9.17) is 5.73 Å². The number of thiazole rings is 1. The Morgan fingerprint density at radius 1 is 1.47 bits per heavy atom. The van der Waals surface area contributed by atoms with Crippen LogP contribution in [0, 0.1) is 6.92 Å². The van der Waals surface area contributed by atoms with Crippen LogP contribution in [0.1, 0.15) is 15.4 Å². The number of nitrogens with zero attached hydrogens (tertiary/aromatic N) is 2. The normalized spacial score (nSPS) is 14.1. The number of hydrogen-bond donors (Lipinski definition) is 1. The Hall–Kier alpha value is -1.55. The lowest BCUT2D eigenvalue weighted by Gasteiger charge is -2.19. The van der Waals surface area contributed by atoms with Gasteiger partial charge < -0.3 is 10.6 Å². The van der Waals surface area contributed by atoms with Gasteiger partial charge in [0.2, 0.25) is 0 Å². The van der Waals surface area contributed by atoms with Gasteiger partial charge in [0.05, 0.1) is 22.9 Å². The van der Waals surface area contributed by atoms with Crippen LogP contribution in [0.3, 0.4) is 0 Å². The van der Waals surface area contributed by atoms with Gasteiger partial charge in [0, 0.05) is 17.6 Å². The second-order valence-corrected chi connectivity index (χ2v) is 5.69. The highest BCUT2D eigenvalue weighted by Crippen LogP contribution is 2.34. The molecule has 0 saturated carbocycles. The molecule has 3 rings (SSSR count). The lowest BCUT2D eigenvalue weighted by Crippen LogP contribution is -2.19. The number of nitrogens with two attached hydrogens (primary N) is 1. The van der Waals surface area contributed by atoms with Gasteiger partial charge in [-0.3, -0.25) is 0 Å². The topological polar surface area (TPSA) is 42.2 Å². The highest BCUT2D eigenvalue weighted by molar-refractivity contribution is 7.11. The predicted octanol–water partition coefficient (Wildman–Crippen LogP) is 2.60. The summed E-state index contributed by atoms with van der Waals surface area (Å²) in [4.78, 5) is 7.96. The lowest BCUT2D eigenvalue weighted by atomic mass is 10.1. The lowest BCUT2D eigenvalue weighted by molar-refractivity contribution is 0.845. The van der Waals surface area contributed by atoms with Crippen LogP contribution >= 0.6 is 11.3 Å². The zero-order chi connectivity index (χ0) is 11.8. The van der Waals surface area contributed by atoms with Crippen molar-refractivity contribution in [2.24, 2.45) is 0 Å². The third-order valence-corrected chi connectivity index (χ3v) is 4.03. The van der Waals surface area contributed by atoms with E-state index in [-0.39, 0.29) is 0 Å². The van der Waals surface area contributed by atoms with E-state index in [1.807, 2.05) is 25.3 Å². The molecule has 0 bridgehead atoms. The number of anilines is 2. The predicted molar refractivity (Wildman–Crippen MR) is 72.5 cm³/mol. The largest absolute Gasteiger partial charge is 0.397 e. The smallest absolute Gasteiger partial charge is 0.0897 e. The second-order valence-electron chi connectivity index (χ2n) is 4.37. The van der Waals surface area contributed by atoms with Crippen LogP contribution in [-0.2, 0) is 13.0 Å². The first kappa shape index (κ1) is 10.6. The molecule has 0 fully saturated rings. The average Bonchev–Trinajstić information content (AvgIpc) is 2.88. The molecule has 0 atom stereocenters. The fraction of sp³-hybridized carbons (Fsp3) is 0.308. The Bertz CT molecular complexity index is 547. The molecule has 2 N–H and O–H groups in total. The van der Waals surface area contributed by atoms with E-state index in [1.54, 1.807) is 11.3 Å². The maximum atomic E-state index is 6.07. The first-order valence-electron chi connectivity index (χ1n) is 5.77. The maximum absolute atomic E-state index is 6.07. The zero-order valence-electron chi connectivity index (χ0n) is 9.81. The Kier molecular flexibility index (Phi) is 2.52. The first-order valence-corrected chi connectivity index (χ1v) is 6.59. The van der Waals surface area contributed by atoms with Gasteiger partial charge in [-0.15, -0.1) is 11.3 Å². The SMILES string of the molecule is Cc1ncc(CN2CCc3cccc(N)c32)s1.